The van der Waals surface area contributed by atoms with Crippen LogP contribution < -0.4 is 4.90 Å². The summed E-state index contributed by atoms with van der Waals surface area (Å²) in [4.78, 5) is 14.0. The second kappa shape index (κ2) is 4.95. The number of carbonyl (C=O) groups excluding carboxylic acids is 1. The summed E-state index contributed by atoms with van der Waals surface area (Å²) in [5.74, 6) is 0.749. The molecule has 0 unspecified atom stereocenters. The van der Waals surface area contributed by atoms with Gasteiger partial charge >= 0.3 is 0 Å². The van der Waals surface area contributed by atoms with Gasteiger partial charge in [0.2, 0.25) is 5.91 Å². The fraction of sp³-hybridized carbons (Fsp3) is 0.529. The Kier molecular flexibility index (Phi) is 3.07. The van der Waals surface area contributed by atoms with Crippen LogP contribution in [-0.4, -0.2) is 35.8 Å². The number of hydrogen-bond acceptors (Lipinski definition) is 2. The van der Waals surface area contributed by atoms with Crippen molar-refractivity contribution in [1.82, 2.24) is 5.01 Å². The molecule has 3 fully saturated rings. The molecule has 1 N–H and O–H groups in total. The Bertz CT molecular complexity index is 575. The summed E-state index contributed by atoms with van der Waals surface area (Å²) in [6.45, 7) is 4.38. The number of hydrazone groups is 1. The first kappa shape index (κ1) is 13.0. The summed E-state index contributed by atoms with van der Waals surface area (Å²) in [5, 5.41) is 6.59. The van der Waals surface area contributed by atoms with Crippen molar-refractivity contribution < 1.29 is 9.69 Å². The summed E-state index contributed by atoms with van der Waals surface area (Å²) in [7, 11) is 0. The highest BCUT2D eigenvalue weighted by Gasteiger charge is 2.54. The average Bonchev–Trinajstić information content (AvgIpc) is 2.98. The fourth-order valence-electron chi connectivity index (χ4n) is 4.27. The third-order valence-electron chi connectivity index (χ3n) is 5.31. The van der Waals surface area contributed by atoms with Gasteiger partial charge in [0.15, 0.2) is 6.04 Å². The lowest BCUT2D eigenvalue weighted by atomic mass is 9.78. The molecule has 1 aromatic rings. The Balaban J connectivity index is 1.77. The molecular formula is C17H22N3O+. The van der Waals surface area contributed by atoms with Crippen molar-refractivity contribution in [3.05, 3.63) is 35.9 Å². The van der Waals surface area contributed by atoms with Gasteiger partial charge in [0.25, 0.3) is 0 Å². The van der Waals surface area contributed by atoms with E-state index in [0.29, 0.717) is 18.4 Å². The summed E-state index contributed by atoms with van der Waals surface area (Å²) >= 11 is 0. The smallest absolute Gasteiger partial charge is 0.243 e. The van der Waals surface area contributed by atoms with Gasteiger partial charge < -0.3 is 4.90 Å². The second-order valence-corrected chi connectivity index (χ2v) is 6.38. The number of nitrogens with one attached hydrogen (secondary N) is 1. The van der Waals surface area contributed by atoms with Gasteiger partial charge in [0.05, 0.1) is 13.1 Å². The van der Waals surface area contributed by atoms with E-state index in [1.807, 2.05) is 13.0 Å². The van der Waals surface area contributed by atoms with Crippen LogP contribution >= 0.6 is 0 Å². The maximum Gasteiger partial charge on any atom is 0.243 e. The van der Waals surface area contributed by atoms with Gasteiger partial charge in [-0.3, -0.25) is 4.79 Å². The number of nitrogens with zero attached hydrogens (tertiary/aromatic N) is 2. The van der Waals surface area contributed by atoms with E-state index in [2.05, 4.69) is 24.3 Å². The van der Waals surface area contributed by atoms with Gasteiger partial charge in [-0.2, -0.15) is 5.10 Å². The van der Waals surface area contributed by atoms with Crippen molar-refractivity contribution in [1.29, 1.82) is 0 Å². The zero-order valence-electron chi connectivity index (χ0n) is 12.5. The molecule has 4 aliphatic heterocycles. The summed E-state index contributed by atoms with van der Waals surface area (Å²) < 4.78 is 0. The van der Waals surface area contributed by atoms with E-state index in [1.165, 1.54) is 37.2 Å². The molecule has 2 atom stereocenters. The van der Waals surface area contributed by atoms with Crippen molar-refractivity contribution in [2.24, 2.45) is 11.0 Å². The normalized spacial score (nSPS) is 33.8. The molecule has 0 spiro atoms. The van der Waals surface area contributed by atoms with Crippen molar-refractivity contribution in [3.8, 4) is 0 Å². The molecule has 0 saturated carbocycles. The zero-order chi connectivity index (χ0) is 14.4. The van der Waals surface area contributed by atoms with Crippen LogP contribution in [0.15, 0.2) is 35.4 Å². The number of amides is 1. The minimum absolute atomic E-state index is 0.103. The van der Waals surface area contributed by atoms with Crippen molar-refractivity contribution >= 4 is 11.6 Å². The number of piperidine rings is 3. The van der Waals surface area contributed by atoms with Crippen LogP contribution in [0.1, 0.15) is 37.8 Å². The lowest BCUT2D eigenvalue weighted by Crippen LogP contribution is -3.20. The number of fused-ring (bicyclic) bond motifs is 2. The molecular weight excluding hydrogens is 262 g/mol. The number of carbonyl (C=O) groups is 1. The van der Waals surface area contributed by atoms with Crippen LogP contribution in [0.3, 0.4) is 0 Å². The van der Waals surface area contributed by atoms with E-state index >= 15 is 0 Å². The fourth-order valence-corrected chi connectivity index (χ4v) is 4.27. The van der Waals surface area contributed by atoms with Crippen LogP contribution in [0.4, 0.5) is 0 Å². The van der Waals surface area contributed by atoms with Crippen molar-refractivity contribution in [2.45, 2.75) is 38.3 Å². The predicted octanol–water partition coefficient (Wildman–Crippen LogP) is 1.01. The molecule has 0 aliphatic carbocycles. The van der Waals surface area contributed by atoms with E-state index in [-0.39, 0.29) is 11.9 Å². The summed E-state index contributed by atoms with van der Waals surface area (Å²) in [5.41, 5.74) is 2.52. The summed E-state index contributed by atoms with van der Waals surface area (Å²) in [6.07, 6.45) is 2.99. The Morgan fingerprint density at radius 2 is 2.00 bits per heavy atom. The molecule has 1 aromatic carbocycles. The highest BCUT2D eigenvalue weighted by molar-refractivity contribution is 5.96. The van der Waals surface area contributed by atoms with Crippen LogP contribution in [0.2, 0.25) is 0 Å². The van der Waals surface area contributed by atoms with Gasteiger partial charge in [0.1, 0.15) is 11.8 Å². The first-order valence-corrected chi connectivity index (χ1v) is 8.09. The molecule has 4 nitrogen and oxygen atoms in total. The highest BCUT2D eigenvalue weighted by atomic mass is 16.2. The molecule has 4 aliphatic rings. The zero-order valence-corrected chi connectivity index (χ0v) is 12.5. The summed E-state index contributed by atoms with van der Waals surface area (Å²) in [6, 6.07) is 10.9. The number of quaternary nitrogens is 1. The number of rotatable bonds is 2. The molecule has 1 amide bonds. The van der Waals surface area contributed by atoms with Crippen LogP contribution in [0, 0.1) is 5.92 Å². The largest absolute Gasteiger partial charge is 0.326 e. The average molecular weight is 284 g/mol. The third-order valence-corrected chi connectivity index (χ3v) is 5.31. The molecule has 4 heteroatoms. The number of hydrogen-bond donors (Lipinski definition) is 1. The highest BCUT2D eigenvalue weighted by Crippen LogP contribution is 2.36. The molecule has 110 valence electrons. The first-order valence-electron chi connectivity index (χ1n) is 8.09. The quantitative estimate of drug-likeness (QED) is 0.865. The minimum Gasteiger partial charge on any atom is -0.326 e. The monoisotopic (exact) mass is 284 g/mol. The molecule has 5 rings (SSSR count). The van der Waals surface area contributed by atoms with Crippen molar-refractivity contribution in [3.63, 3.8) is 0 Å². The number of benzene rings is 1. The van der Waals surface area contributed by atoms with Gasteiger partial charge in [-0.15, -0.1) is 0 Å². The third kappa shape index (κ3) is 1.93. The Hall–Kier alpha value is -1.68. The van der Waals surface area contributed by atoms with Crippen LogP contribution in [0.25, 0.3) is 0 Å². The van der Waals surface area contributed by atoms with E-state index in [1.54, 1.807) is 9.91 Å². The lowest BCUT2D eigenvalue weighted by Gasteiger charge is -2.42. The molecule has 0 aromatic heterocycles. The Labute approximate surface area is 125 Å². The van der Waals surface area contributed by atoms with E-state index < -0.39 is 0 Å². The maximum atomic E-state index is 12.4. The second-order valence-electron chi connectivity index (χ2n) is 6.38. The van der Waals surface area contributed by atoms with Gasteiger partial charge in [-0.05, 0) is 5.56 Å². The van der Waals surface area contributed by atoms with Crippen molar-refractivity contribution in [2.75, 3.05) is 13.1 Å². The molecule has 3 saturated heterocycles. The van der Waals surface area contributed by atoms with Crippen LogP contribution in [-0.2, 0) is 4.79 Å². The molecule has 0 radical (unpaired) electrons. The van der Waals surface area contributed by atoms with Crippen LogP contribution in [0.5, 0.6) is 0 Å². The Morgan fingerprint density at radius 3 is 2.67 bits per heavy atom. The van der Waals surface area contributed by atoms with Gasteiger partial charge in [-0.1, -0.05) is 37.3 Å². The maximum absolute atomic E-state index is 12.4. The topological polar surface area (TPSA) is 37.1 Å². The molecule has 4 heterocycles. The molecule has 21 heavy (non-hydrogen) atoms. The minimum atomic E-state index is 0.103. The molecule has 2 bridgehead atoms. The SMILES string of the molecule is CCC(=O)N1N=C2C3CC[NH+](CC3)[C@@H]2[C@H]1c1ccccc1. The predicted molar refractivity (Wildman–Crippen MR) is 81.0 cm³/mol. The standard InChI is InChI=1S/C17H21N3O/c1-2-14(21)20-16(13-6-4-3-5-7-13)17-15(18-20)12-8-10-19(17)11-9-12/h3-7,12,16-17H,2,8-11H2,1H3/p+1/t16-,17+/m1/s1. The van der Waals surface area contributed by atoms with Gasteiger partial charge in [0, 0.05) is 25.2 Å². The van der Waals surface area contributed by atoms with E-state index in [9.17, 15) is 4.79 Å². The van der Waals surface area contributed by atoms with E-state index in [0.717, 1.165) is 0 Å². The first-order chi connectivity index (χ1) is 10.3. The Morgan fingerprint density at radius 1 is 1.29 bits per heavy atom. The lowest BCUT2D eigenvalue weighted by molar-refractivity contribution is -0.927. The van der Waals surface area contributed by atoms with Gasteiger partial charge in [-0.25, -0.2) is 5.01 Å². The van der Waals surface area contributed by atoms with E-state index in [4.69, 9.17) is 5.10 Å².